The topological polar surface area (TPSA) is 157 Å². The summed E-state index contributed by atoms with van der Waals surface area (Å²) in [4.78, 5) is 33.4. The summed E-state index contributed by atoms with van der Waals surface area (Å²) < 4.78 is 12.5. The molecule has 3 aromatic rings. The minimum atomic E-state index is -0.475. The predicted molar refractivity (Wildman–Crippen MR) is 121 cm³/mol. The van der Waals surface area contributed by atoms with Gasteiger partial charge in [-0.1, -0.05) is 11.8 Å². The zero-order chi connectivity index (χ0) is 23.2. The van der Waals surface area contributed by atoms with Crippen LogP contribution >= 0.6 is 11.8 Å². The van der Waals surface area contributed by atoms with Crippen LogP contribution in [0.4, 0.5) is 11.9 Å². The van der Waals surface area contributed by atoms with Gasteiger partial charge in [-0.05, 0) is 32.0 Å². The highest BCUT2D eigenvalue weighted by Gasteiger charge is 2.17. The lowest BCUT2D eigenvalue weighted by Crippen LogP contribution is -2.42. The number of carbonyl (C=O) groups excluding carboxylic acids is 2. The average Bonchev–Trinajstić information content (AvgIpc) is 3.24. The minimum absolute atomic E-state index is 0.0112. The van der Waals surface area contributed by atoms with Crippen molar-refractivity contribution in [2.75, 3.05) is 42.7 Å². The Hall–Kier alpha value is -3.81. The lowest BCUT2D eigenvalue weighted by Gasteiger charge is -2.18. The Morgan fingerprint density at radius 3 is 2.61 bits per heavy atom. The highest BCUT2D eigenvalue weighted by Crippen LogP contribution is 2.30. The lowest BCUT2D eigenvalue weighted by atomic mass is 10.2. The molecule has 0 bridgehead atoms. The van der Waals surface area contributed by atoms with Crippen LogP contribution in [0, 0.1) is 0 Å². The first kappa shape index (κ1) is 22.4. The zero-order valence-corrected chi connectivity index (χ0v) is 18.9. The van der Waals surface area contributed by atoms with Crippen LogP contribution in [0.2, 0.25) is 0 Å². The van der Waals surface area contributed by atoms with Crippen molar-refractivity contribution in [3.63, 3.8) is 0 Å². The van der Waals surface area contributed by atoms with Crippen LogP contribution in [-0.2, 0) is 4.79 Å². The van der Waals surface area contributed by atoms with Crippen LogP contribution < -0.4 is 31.0 Å². The minimum Gasteiger partial charge on any atom is -0.486 e. The molecular formula is C19H23N9O4S. The van der Waals surface area contributed by atoms with Crippen molar-refractivity contribution in [2.24, 2.45) is 0 Å². The number of hydrogen-bond donors (Lipinski definition) is 4. The summed E-state index contributed by atoms with van der Waals surface area (Å²) in [6, 6.07) is 4.82. The number of fused-ring (bicyclic) bond motifs is 2. The maximum atomic E-state index is 12.4. The summed E-state index contributed by atoms with van der Waals surface area (Å²) in [6.07, 6.45) is 0. The summed E-state index contributed by atoms with van der Waals surface area (Å²) in [7, 11) is 0. The molecule has 4 rings (SSSR count). The van der Waals surface area contributed by atoms with E-state index in [9.17, 15) is 9.59 Å². The fraction of sp³-hybridized carbons (Fsp3) is 0.368. The van der Waals surface area contributed by atoms with Gasteiger partial charge in [0.25, 0.3) is 11.7 Å². The average molecular weight is 474 g/mol. The number of amides is 2. The molecule has 0 aliphatic carbocycles. The van der Waals surface area contributed by atoms with Crippen LogP contribution in [0.5, 0.6) is 11.5 Å². The van der Waals surface area contributed by atoms with E-state index >= 15 is 0 Å². The van der Waals surface area contributed by atoms with E-state index in [2.05, 4.69) is 41.7 Å². The molecular weight excluding hydrogens is 450 g/mol. The van der Waals surface area contributed by atoms with Gasteiger partial charge in [-0.2, -0.15) is 9.97 Å². The molecule has 0 radical (unpaired) electrons. The number of carbonyl (C=O) groups is 2. The zero-order valence-electron chi connectivity index (χ0n) is 18.0. The van der Waals surface area contributed by atoms with Gasteiger partial charge >= 0.3 is 0 Å². The van der Waals surface area contributed by atoms with Gasteiger partial charge in [0.15, 0.2) is 16.7 Å². The quantitative estimate of drug-likeness (QED) is 0.270. The molecule has 174 valence electrons. The van der Waals surface area contributed by atoms with Crippen LogP contribution in [0.1, 0.15) is 24.2 Å². The third-order valence-electron chi connectivity index (χ3n) is 4.37. The van der Waals surface area contributed by atoms with Crippen molar-refractivity contribution < 1.29 is 19.1 Å². The number of hydrogen-bond acceptors (Lipinski definition) is 11. The molecule has 0 atom stereocenters. The molecule has 33 heavy (non-hydrogen) atoms. The van der Waals surface area contributed by atoms with E-state index < -0.39 is 11.8 Å². The Kier molecular flexibility index (Phi) is 6.92. The van der Waals surface area contributed by atoms with Gasteiger partial charge < -0.3 is 20.1 Å². The number of rotatable bonds is 8. The predicted octanol–water partition coefficient (Wildman–Crippen LogP) is 0.707. The molecule has 0 spiro atoms. The first-order chi connectivity index (χ1) is 16.1. The van der Waals surface area contributed by atoms with E-state index in [1.807, 2.05) is 13.8 Å². The van der Waals surface area contributed by atoms with E-state index in [-0.39, 0.29) is 5.75 Å². The highest BCUT2D eigenvalue weighted by atomic mass is 32.2. The van der Waals surface area contributed by atoms with Gasteiger partial charge in [0.2, 0.25) is 17.8 Å². The number of anilines is 2. The van der Waals surface area contributed by atoms with Crippen molar-refractivity contribution in [1.82, 2.24) is 35.4 Å². The van der Waals surface area contributed by atoms with Crippen LogP contribution in [0.25, 0.3) is 5.78 Å². The molecule has 2 amide bonds. The number of nitrogens with one attached hydrogen (secondary N) is 4. The van der Waals surface area contributed by atoms with Crippen molar-refractivity contribution >= 4 is 41.3 Å². The molecule has 3 heterocycles. The third-order valence-corrected chi connectivity index (χ3v) is 5.30. The summed E-state index contributed by atoms with van der Waals surface area (Å²) in [6.45, 7) is 6.06. The first-order valence-corrected chi connectivity index (χ1v) is 11.3. The van der Waals surface area contributed by atoms with Gasteiger partial charge in [0.05, 0.1) is 5.75 Å². The van der Waals surface area contributed by atoms with Crippen LogP contribution in [0.15, 0.2) is 23.4 Å². The molecule has 1 aromatic carbocycles. The second-order valence-electron chi connectivity index (χ2n) is 6.70. The monoisotopic (exact) mass is 473 g/mol. The Bertz CT molecular complexity index is 1170. The summed E-state index contributed by atoms with van der Waals surface area (Å²) in [5.74, 6) is 1.47. The smallest absolute Gasteiger partial charge is 0.269 e. The van der Waals surface area contributed by atoms with Crippen molar-refractivity contribution in [1.29, 1.82) is 0 Å². The van der Waals surface area contributed by atoms with Crippen molar-refractivity contribution in [3.05, 3.63) is 23.8 Å². The van der Waals surface area contributed by atoms with E-state index in [1.165, 1.54) is 0 Å². The highest BCUT2D eigenvalue weighted by molar-refractivity contribution is 7.99. The largest absolute Gasteiger partial charge is 0.486 e. The van der Waals surface area contributed by atoms with Gasteiger partial charge in [-0.3, -0.25) is 20.4 Å². The van der Waals surface area contributed by atoms with Crippen LogP contribution in [-0.4, -0.2) is 68.4 Å². The first-order valence-electron chi connectivity index (χ1n) is 10.3. The molecule has 0 saturated heterocycles. The molecule has 1 aliphatic rings. The number of aromatic nitrogens is 5. The van der Waals surface area contributed by atoms with Gasteiger partial charge in [0.1, 0.15) is 13.2 Å². The molecule has 14 heteroatoms. The standard InChI is InChI=1S/C19H23N9O4S/c1-3-20-16-22-17(21-4-2)28-18(23-16)26-27-19(28)33-10-14(29)24-25-15(30)11-5-6-12-13(9-11)32-8-7-31-12/h5-6,9H,3-4,7-8,10H2,1-2H3,(H,24,29)(H,25,30)(H2,20,21,22,23,26). The summed E-state index contributed by atoms with van der Waals surface area (Å²) >= 11 is 1.14. The van der Waals surface area contributed by atoms with E-state index in [0.29, 0.717) is 66.2 Å². The molecule has 1 aliphatic heterocycles. The van der Waals surface area contributed by atoms with E-state index in [4.69, 9.17) is 9.47 Å². The van der Waals surface area contributed by atoms with Crippen LogP contribution in [0.3, 0.4) is 0 Å². The Balaban J connectivity index is 1.36. The third kappa shape index (κ3) is 5.16. The molecule has 4 N–H and O–H groups in total. The second-order valence-corrected chi connectivity index (χ2v) is 7.64. The second kappa shape index (κ2) is 10.2. The fourth-order valence-corrected chi connectivity index (χ4v) is 3.68. The Morgan fingerprint density at radius 1 is 1.03 bits per heavy atom. The SMILES string of the molecule is CCNc1nc(NCC)n2c(SCC(=O)NNC(=O)c3ccc4c(c3)OCCO4)nnc2n1. The molecule has 2 aromatic heterocycles. The number of hydrazine groups is 1. The van der Waals surface area contributed by atoms with E-state index in [0.717, 1.165) is 11.8 Å². The van der Waals surface area contributed by atoms with Crippen molar-refractivity contribution in [2.45, 2.75) is 19.0 Å². The number of nitrogens with zero attached hydrogens (tertiary/aromatic N) is 5. The normalized spacial score (nSPS) is 12.3. The number of benzene rings is 1. The van der Waals surface area contributed by atoms with Gasteiger partial charge in [0, 0.05) is 18.7 Å². The number of thioether (sulfide) groups is 1. The van der Waals surface area contributed by atoms with Gasteiger partial charge in [-0.15, -0.1) is 10.2 Å². The summed E-state index contributed by atoms with van der Waals surface area (Å²) in [5.41, 5.74) is 5.11. The maximum Gasteiger partial charge on any atom is 0.269 e. The Morgan fingerprint density at radius 2 is 1.82 bits per heavy atom. The Labute approximate surface area is 193 Å². The summed E-state index contributed by atoms with van der Waals surface area (Å²) in [5, 5.41) is 14.8. The molecule has 0 unspecified atom stereocenters. The van der Waals surface area contributed by atoms with Gasteiger partial charge in [-0.25, -0.2) is 4.40 Å². The maximum absolute atomic E-state index is 12.4. The van der Waals surface area contributed by atoms with Crippen molar-refractivity contribution in [3.8, 4) is 11.5 Å². The van der Waals surface area contributed by atoms with E-state index in [1.54, 1.807) is 22.6 Å². The molecule has 0 fully saturated rings. The molecule has 13 nitrogen and oxygen atoms in total. The molecule has 0 saturated carbocycles. The fourth-order valence-electron chi connectivity index (χ4n) is 2.95. The lowest BCUT2D eigenvalue weighted by molar-refractivity contribution is -0.119. The number of ether oxygens (including phenoxy) is 2.